The summed E-state index contributed by atoms with van der Waals surface area (Å²) in [5, 5.41) is 3.66. The summed E-state index contributed by atoms with van der Waals surface area (Å²) in [6.45, 7) is 11.2. The first-order valence-corrected chi connectivity index (χ1v) is 6.98. The van der Waals surface area contributed by atoms with Crippen molar-refractivity contribution in [3.8, 4) is 0 Å². The van der Waals surface area contributed by atoms with Crippen molar-refractivity contribution >= 4 is 0 Å². The number of hydrogen-bond donors (Lipinski definition) is 1. The van der Waals surface area contributed by atoms with Crippen molar-refractivity contribution in [3.63, 3.8) is 0 Å². The number of nitrogens with one attached hydrogen (secondary N) is 1. The maximum atomic E-state index is 5.71. The molecular weight excluding hydrogens is 198 g/mol. The molecule has 1 heterocycles. The second-order valence-corrected chi connectivity index (χ2v) is 5.65. The molecule has 2 nitrogen and oxygen atoms in total. The highest BCUT2D eigenvalue weighted by Crippen LogP contribution is 2.22. The summed E-state index contributed by atoms with van der Waals surface area (Å²) in [6, 6.07) is 0.653. The zero-order valence-corrected chi connectivity index (χ0v) is 11.5. The van der Waals surface area contributed by atoms with E-state index in [2.05, 4.69) is 33.0 Å². The average molecular weight is 227 g/mol. The van der Waals surface area contributed by atoms with Crippen molar-refractivity contribution in [3.05, 3.63) is 0 Å². The Hall–Kier alpha value is -0.0800. The van der Waals surface area contributed by atoms with Gasteiger partial charge in [0.2, 0.25) is 0 Å². The van der Waals surface area contributed by atoms with Crippen LogP contribution in [0.3, 0.4) is 0 Å². The van der Waals surface area contributed by atoms with Gasteiger partial charge in [0, 0.05) is 19.2 Å². The topological polar surface area (TPSA) is 21.3 Å². The van der Waals surface area contributed by atoms with E-state index in [0.29, 0.717) is 12.1 Å². The van der Waals surface area contributed by atoms with E-state index in [-0.39, 0.29) is 0 Å². The molecule has 0 spiro atoms. The number of ether oxygens (including phenoxy) is 1. The van der Waals surface area contributed by atoms with Gasteiger partial charge in [-0.1, -0.05) is 20.8 Å². The van der Waals surface area contributed by atoms with E-state index in [1.165, 1.54) is 19.3 Å². The summed E-state index contributed by atoms with van der Waals surface area (Å²) in [7, 11) is 0. The minimum Gasteiger partial charge on any atom is -0.378 e. The van der Waals surface area contributed by atoms with Gasteiger partial charge in [-0.25, -0.2) is 0 Å². The van der Waals surface area contributed by atoms with Crippen LogP contribution < -0.4 is 5.32 Å². The normalized spacial score (nSPS) is 27.6. The zero-order chi connectivity index (χ0) is 12.0. The lowest BCUT2D eigenvalue weighted by Crippen LogP contribution is -2.34. The molecule has 3 unspecified atom stereocenters. The fourth-order valence-corrected chi connectivity index (χ4v) is 2.42. The van der Waals surface area contributed by atoms with Crippen LogP contribution in [0.5, 0.6) is 0 Å². The summed E-state index contributed by atoms with van der Waals surface area (Å²) < 4.78 is 5.71. The largest absolute Gasteiger partial charge is 0.378 e. The fraction of sp³-hybridized carbons (Fsp3) is 1.00. The maximum Gasteiger partial charge on any atom is 0.0613 e. The predicted molar refractivity (Wildman–Crippen MR) is 69.7 cm³/mol. The minimum absolute atomic E-state index is 0.504. The van der Waals surface area contributed by atoms with Gasteiger partial charge >= 0.3 is 0 Å². The standard InChI is InChI=1S/C14H29NO/c1-5-14-13(8-9-16-14)10-15-12(4)7-6-11(2)3/h11-15H,5-10H2,1-4H3. The van der Waals surface area contributed by atoms with Crippen LogP contribution in [0.25, 0.3) is 0 Å². The van der Waals surface area contributed by atoms with E-state index < -0.39 is 0 Å². The van der Waals surface area contributed by atoms with E-state index in [0.717, 1.165) is 31.4 Å². The highest BCUT2D eigenvalue weighted by atomic mass is 16.5. The van der Waals surface area contributed by atoms with Gasteiger partial charge in [0.25, 0.3) is 0 Å². The van der Waals surface area contributed by atoms with Crippen molar-refractivity contribution in [2.24, 2.45) is 11.8 Å². The van der Waals surface area contributed by atoms with Gasteiger partial charge in [-0.2, -0.15) is 0 Å². The molecule has 0 aliphatic carbocycles. The van der Waals surface area contributed by atoms with Crippen LogP contribution in [0.1, 0.15) is 53.4 Å². The monoisotopic (exact) mass is 227 g/mol. The Bertz CT molecular complexity index is 182. The molecule has 0 aromatic rings. The van der Waals surface area contributed by atoms with Crippen molar-refractivity contribution in [2.45, 2.75) is 65.5 Å². The first-order chi connectivity index (χ1) is 7.63. The van der Waals surface area contributed by atoms with Gasteiger partial charge in [-0.15, -0.1) is 0 Å². The summed E-state index contributed by atoms with van der Waals surface area (Å²) >= 11 is 0. The molecule has 0 amide bonds. The molecule has 96 valence electrons. The highest BCUT2D eigenvalue weighted by Gasteiger charge is 2.26. The molecule has 0 aromatic carbocycles. The quantitative estimate of drug-likeness (QED) is 0.721. The maximum absolute atomic E-state index is 5.71. The third kappa shape index (κ3) is 4.84. The first kappa shape index (κ1) is 14.0. The third-order valence-electron chi connectivity index (χ3n) is 3.65. The fourth-order valence-electron chi connectivity index (χ4n) is 2.42. The van der Waals surface area contributed by atoms with Crippen LogP contribution in [0.15, 0.2) is 0 Å². The van der Waals surface area contributed by atoms with Crippen molar-refractivity contribution in [2.75, 3.05) is 13.2 Å². The molecule has 1 fully saturated rings. The smallest absolute Gasteiger partial charge is 0.0613 e. The Balaban J connectivity index is 2.13. The average Bonchev–Trinajstić information content (AvgIpc) is 2.70. The molecule has 0 bridgehead atoms. The van der Waals surface area contributed by atoms with Crippen LogP contribution in [-0.4, -0.2) is 25.3 Å². The molecule has 16 heavy (non-hydrogen) atoms. The van der Waals surface area contributed by atoms with Crippen molar-refractivity contribution in [1.29, 1.82) is 0 Å². The molecule has 1 aliphatic heterocycles. The molecule has 1 saturated heterocycles. The summed E-state index contributed by atoms with van der Waals surface area (Å²) in [4.78, 5) is 0. The Morgan fingerprint density at radius 3 is 2.62 bits per heavy atom. The SMILES string of the molecule is CCC1OCCC1CNC(C)CCC(C)C. The van der Waals surface area contributed by atoms with Gasteiger partial charge < -0.3 is 10.1 Å². The van der Waals surface area contributed by atoms with Gasteiger partial charge in [-0.3, -0.25) is 0 Å². The molecule has 1 aliphatic rings. The minimum atomic E-state index is 0.504. The lowest BCUT2D eigenvalue weighted by atomic mass is 9.98. The lowest BCUT2D eigenvalue weighted by Gasteiger charge is -2.21. The summed E-state index contributed by atoms with van der Waals surface area (Å²) in [5.41, 5.74) is 0. The molecule has 0 radical (unpaired) electrons. The first-order valence-electron chi connectivity index (χ1n) is 6.98. The van der Waals surface area contributed by atoms with Gasteiger partial charge in [0.15, 0.2) is 0 Å². The van der Waals surface area contributed by atoms with E-state index >= 15 is 0 Å². The summed E-state index contributed by atoms with van der Waals surface area (Å²) in [6.07, 6.45) is 5.52. The molecule has 1 rings (SSSR count). The molecule has 0 aromatic heterocycles. The van der Waals surface area contributed by atoms with Crippen molar-refractivity contribution < 1.29 is 4.74 Å². The predicted octanol–water partition coefficient (Wildman–Crippen LogP) is 3.22. The Labute approximate surface area is 101 Å². The Morgan fingerprint density at radius 1 is 1.25 bits per heavy atom. The molecule has 2 heteroatoms. The second-order valence-electron chi connectivity index (χ2n) is 5.65. The van der Waals surface area contributed by atoms with Crippen LogP contribution in [0.2, 0.25) is 0 Å². The Morgan fingerprint density at radius 2 is 2.00 bits per heavy atom. The van der Waals surface area contributed by atoms with Gasteiger partial charge in [0.1, 0.15) is 0 Å². The van der Waals surface area contributed by atoms with Crippen LogP contribution >= 0.6 is 0 Å². The van der Waals surface area contributed by atoms with Crippen LogP contribution in [0, 0.1) is 11.8 Å². The lowest BCUT2D eigenvalue weighted by molar-refractivity contribution is 0.0866. The second kappa shape index (κ2) is 7.29. The number of rotatable bonds is 7. The molecular formula is C14H29NO. The van der Waals surface area contributed by atoms with Gasteiger partial charge in [0.05, 0.1) is 6.10 Å². The Kier molecular flexibility index (Phi) is 6.37. The molecule has 0 saturated carbocycles. The van der Waals surface area contributed by atoms with E-state index in [1.54, 1.807) is 0 Å². The van der Waals surface area contributed by atoms with Crippen LogP contribution in [-0.2, 0) is 4.74 Å². The highest BCUT2D eigenvalue weighted by molar-refractivity contribution is 4.78. The van der Waals surface area contributed by atoms with Gasteiger partial charge in [-0.05, 0) is 44.4 Å². The molecule has 3 atom stereocenters. The van der Waals surface area contributed by atoms with E-state index in [1.807, 2.05) is 0 Å². The van der Waals surface area contributed by atoms with Crippen LogP contribution in [0.4, 0.5) is 0 Å². The van der Waals surface area contributed by atoms with E-state index in [9.17, 15) is 0 Å². The zero-order valence-electron chi connectivity index (χ0n) is 11.5. The van der Waals surface area contributed by atoms with Crippen molar-refractivity contribution in [1.82, 2.24) is 5.32 Å². The third-order valence-corrected chi connectivity index (χ3v) is 3.65. The molecule has 1 N–H and O–H groups in total. The summed E-state index contributed by atoms with van der Waals surface area (Å²) in [5.74, 6) is 1.56. The number of hydrogen-bond acceptors (Lipinski definition) is 2. The van der Waals surface area contributed by atoms with E-state index in [4.69, 9.17) is 4.74 Å².